The van der Waals surface area contributed by atoms with Gasteiger partial charge in [-0.25, -0.2) is 5.01 Å². The van der Waals surface area contributed by atoms with E-state index in [2.05, 4.69) is 21.4 Å². The molecule has 1 aliphatic heterocycles. The van der Waals surface area contributed by atoms with Crippen LogP contribution in [0, 0.1) is 0 Å². The van der Waals surface area contributed by atoms with E-state index in [0.29, 0.717) is 0 Å². The van der Waals surface area contributed by atoms with E-state index >= 15 is 0 Å². The van der Waals surface area contributed by atoms with E-state index in [1.165, 1.54) is 0 Å². The molecule has 2 aromatic rings. The molecule has 0 saturated heterocycles. The molecule has 118 valence electrons. The number of ether oxygens (including phenoxy) is 1. The molecule has 23 heavy (non-hydrogen) atoms. The summed E-state index contributed by atoms with van der Waals surface area (Å²) in [6.45, 7) is 1.55. The van der Waals surface area contributed by atoms with Crippen molar-refractivity contribution in [2.75, 3.05) is 7.11 Å². The molecule has 1 aliphatic rings. The Morgan fingerprint density at radius 2 is 1.87 bits per heavy atom. The highest BCUT2D eigenvalue weighted by Gasteiger charge is 2.30. The number of methoxy groups -OCH3 is 1. The number of amides is 1. The minimum absolute atomic E-state index is 0.0516. The van der Waals surface area contributed by atoms with Gasteiger partial charge >= 0.3 is 0 Å². The smallest absolute Gasteiger partial charge is 0.238 e. The van der Waals surface area contributed by atoms with Crippen molar-refractivity contribution in [2.45, 2.75) is 13.0 Å². The van der Waals surface area contributed by atoms with Gasteiger partial charge in [-0.2, -0.15) is 0 Å². The Hall–Kier alpha value is -2.27. The van der Waals surface area contributed by atoms with Crippen LogP contribution < -0.4 is 10.2 Å². The van der Waals surface area contributed by atoms with Crippen molar-refractivity contribution in [3.8, 4) is 5.75 Å². The fourth-order valence-corrected chi connectivity index (χ4v) is 2.94. The number of para-hydroxylation sites is 1. The van der Waals surface area contributed by atoms with Crippen molar-refractivity contribution >= 4 is 27.5 Å². The van der Waals surface area contributed by atoms with Crippen molar-refractivity contribution in [3.05, 3.63) is 70.2 Å². The second-order valence-corrected chi connectivity index (χ2v) is 6.19. The molecule has 0 bridgehead atoms. The van der Waals surface area contributed by atoms with E-state index in [4.69, 9.17) is 4.74 Å². The predicted octanol–water partition coefficient (Wildman–Crippen LogP) is 3.91. The third-order valence-corrected chi connectivity index (χ3v) is 4.32. The summed E-state index contributed by atoms with van der Waals surface area (Å²) in [4.78, 5) is 12.0. The van der Waals surface area contributed by atoms with E-state index in [9.17, 15) is 4.79 Å². The Labute approximate surface area is 143 Å². The van der Waals surface area contributed by atoms with Crippen molar-refractivity contribution < 1.29 is 9.53 Å². The van der Waals surface area contributed by atoms with Crippen molar-refractivity contribution in [3.63, 3.8) is 0 Å². The Balaban J connectivity index is 2.02. The molecule has 0 spiro atoms. The monoisotopic (exact) mass is 372 g/mol. The summed E-state index contributed by atoms with van der Waals surface area (Å²) in [6.07, 6.45) is 2.04. The highest BCUT2D eigenvalue weighted by molar-refractivity contribution is 9.10. The van der Waals surface area contributed by atoms with E-state index in [0.717, 1.165) is 27.0 Å². The Bertz CT molecular complexity index is 756. The number of halogens is 1. The summed E-state index contributed by atoms with van der Waals surface area (Å²) in [5, 5.41) is 1.62. The number of hydrazine groups is 1. The lowest BCUT2D eigenvalue weighted by molar-refractivity contribution is -0.132. The van der Waals surface area contributed by atoms with Gasteiger partial charge in [0.15, 0.2) is 0 Å². The molecule has 2 aromatic carbocycles. The number of rotatable bonds is 3. The molecule has 1 atom stereocenters. The standard InChI is InChI=1S/C18H17BrN2O2/c1-12(22)21-17(15-5-3-4-6-18(15)23-2)11-16(20-21)13-7-9-14(19)10-8-13/h3-11,17,20H,1-2H3/t17-/m0/s1. The summed E-state index contributed by atoms with van der Waals surface area (Å²) in [5.41, 5.74) is 6.08. The largest absolute Gasteiger partial charge is 0.496 e. The van der Waals surface area contributed by atoms with Gasteiger partial charge in [-0.3, -0.25) is 10.2 Å². The molecule has 1 amide bonds. The average Bonchev–Trinajstić information content (AvgIpc) is 3.01. The fourth-order valence-electron chi connectivity index (χ4n) is 2.67. The second kappa shape index (κ2) is 6.46. The molecule has 0 aliphatic carbocycles. The van der Waals surface area contributed by atoms with Crippen molar-refractivity contribution in [1.29, 1.82) is 0 Å². The van der Waals surface area contributed by atoms with Crippen molar-refractivity contribution in [2.24, 2.45) is 0 Å². The van der Waals surface area contributed by atoms with Crippen LogP contribution in [0.2, 0.25) is 0 Å². The maximum atomic E-state index is 12.0. The number of carbonyl (C=O) groups is 1. The summed E-state index contributed by atoms with van der Waals surface area (Å²) in [7, 11) is 1.64. The highest BCUT2D eigenvalue weighted by Crippen LogP contribution is 2.35. The molecule has 0 aromatic heterocycles. The van der Waals surface area contributed by atoms with Gasteiger partial charge < -0.3 is 4.74 Å². The van der Waals surface area contributed by atoms with Gasteiger partial charge in [0.2, 0.25) is 5.91 Å². The average molecular weight is 373 g/mol. The molecular formula is C18H17BrN2O2. The first kappa shape index (κ1) is 15.6. The van der Waals surface area contributed by atoms with Crippen LogP contribution in [0.15, 0.2) is 59.1 Å². The minimum atomic E-state index is -0.206. The second-order valence-electron chi connectivity index (χ2n) is 5.27. The quantitative estimate of drug-likeness (QED) is 0.887. The van der Waals surface area contributed by atoms with Gasteiger partial charge in [0.25, 0.3) is 0 Å². The van der Waals surface area contributed by atoms with Crippen LogP contribution >= 0.6 is 15.9 Å². The summed E-state index contributed by atoms with van der Waals surface area (Å²) >= 11 is 3.44. The Morgan fingerprint density at radius 3 is 2.52 bits per heavy atom. The first-order valence-electron chi connectivity index (χ1n) is 7.27. The van der Waals surface area contributed by atoms with Crippen LogP contribution in [-0.4, -0.2) is 18.0 Å². The molecule has 0 saturated carbocycles. The predicted molar refractivity (Wildman–Crippen MR) is 93.5 cm³/mol. The van der Waals surface area contributed by atoms with Crippen LogP contribution in [0.25, 0.3) is 5.70 Å². The Morgan fingerprint density at radius 1 is 1.17 bits per heavy atom. The van der Waals surface area contributed by atoms with Crippen LogP contribution in [0.4, 0.5) is 0 Å². The normalized spacial score (nSPS) is 16.7. The first-order chi connectivity index (χ1) is 11.1. The summed E-state index contributed by atoms with van der Waals surface area (Å²) in [6, 6.07) is 15.5. The van der Waals surface area contributed by atoms with Crippen LogP contribution in [-0.2, 0) is 4.79 Å². The molecule has 3 rings (SSSR count). The number of nitrogens with one attached hydrogen (secondary N) is 1. The molecule has 5 heteroatoms. The molecular weight excluding hydrogens is 356 g/mol. The molecule has 1 N–H and O–H groups in total. The topological polar surface area (TPSA) is 41.6 Å². The van der Waals surface area contributed by atoms with Gasteiger partial charge in [-0.05, 0) is 29.8 Å². The number of hydrogen-bond donors (Lipinski definition) is 1. The third kappa shape index (κ3) is 3.10. The van der Waals surface area contributed by atoms with E-state index < -0.39 is 0 Å². The molecule has 0 fully saturated rings. The zero-order valence-corrected chi connectivity index (χ0v) is 14.5. The molecule has 4 nitrogen and oxygen atoms in total. The first-order valence-corrected chi connectivity index (χ1v) is 8.06. The van der Waals surface area contributed by atoms with Crippen LogP contribution in [0.3, 0.4) is 0 Å². The van der Waals surface area contributed by atoms with Gasteiger partial charge in [0.05, 0.1) is 12.8 Å². The zero-order valence-electron chi connectivity index (χ0n) is 12.9. The zero-order chi connectivity index (χ0) is 16.4. The maximum Gasteiger partial charge on any atom is 0.238 e. The van der Waals surface area contributed by atoms with Gasteiger partial charge in [-0.1, -0.05) is 46.3 Å². The number of hydrogen-bond acceptors (Lipinski definition) is 3. The van der Waals surface area contributed by atoms with Crippen LogP contribution in [0.1, 0.15) is 24.1 Å². The fraction of sp³-hybridized carbons (Fsp3) is 0.167. The lowest BCUT2D eigenvalue weighted by Crippen LogP contribution is -2.37. The number of carbonyl (C=O) groups excluding carboxylic acids is 1. The maximum absolute atomic E-state index is 12.0. The number of benzene rings is 2. The highest BCUT2D eigenvalue weighted by atomic mass is 79.9. The van der Waals surface area contributed by atoms with E-state index in [1.54, 1.807) is 19.0 Å². The van der Waals surface area contributed by atoms with E-state index in [1.807, 2.05) is 54.6 Å². The van der Waals surface area contributed by atoms with E-state index in [-0.39, 0.29) is 11.9 Å². The van der Waals surface area contributed by atoms with Crippen molar-refractivity contribution in [1.82, 2.24) is 10.4 Å². The molecule has 0 unspecified atom stereocenters. The summed E-state index contributed by atoms with van der Waals surface area (Å²) < 4.78 is 6.46. The lowest BCUT2D eigenvalue weighted by Gasteiger charge is -2.25. The SMILES string of the molecule is COc1ccccc1[C@@H]1C=C(c2ccc(Br)cc2)NN1C(C)=O. The summed E-state index contributed by atoms with van der Waals surface area (Å²) in [5.74, 6) is 0.711. The molecule has 0 radical (unpaired) electrons. The van der Waals surface area contributed by atoms with Gasteiger partial charge in [-0.15, -0.1) is 0 Å². The lowest BCUT2D eigenvalue weighted by atomic mass is 10.0. The van der Waals surface area contributed by atoms with Crippen LogP contribution in [0.5, 0.6) is 5.75 Å². The van der Waals surface area contributed by atoms with Gasteiger partial charge in [0.1, 0.15) is 11.8 Å². The third-order valence-electron chi connectivity index (χ3n) is 3.80. The number of nitrogens with zero attached hydrogens (tertiary/aromatic N) is 1. The van der Waals surface area contributed by atoms with Gasteiger partial charge in [0, 0.05) is 17.0 Å². The minimum Gasteiger partial charge on any atom is -0.496 e. The Kier molecular flexibility index (Phi) is 4.39. The molecule has 1 heterocycles.